The maximum Gasteiger partial charge on any atom is 0.166 e. The summed E-state index contributed by atoms with van der Waals surface area (Å²) < 4.78 is 4.82. The van der Waals surface area contributed by atoms with E-state index in [-0.39, 0.29) is 0 Å². The maximum atomic E-state index is 9.87. The number of aryl methyl sites for hydroxylation is 2. The van der Waals surface area contributed by atoms with Crippen molar-refractivity contribution in [1.82, 2.24) is 24.1 Å². The van der Waals surface area contributed by atoms with E-state index in [1.165, 1.54) is 22.3 Å². The highest BCUT2D eigenvalue weighted by Crippen LogP contribution is 2.46. The second kappa shape index (κ2) is 19.0. The van der Waals surface area contributed by atoms with Crippen molar-refractivity contribution in [2.75, 3.05) is 0 Å². The Morgan fingerprint density at radius 1 is 0.308 bits per heavy atom. The number of rotatable bonds is 9. The van der Waals surface area contributed by atoms with E-state index in [2.05, 4.69) is 223 Å². The Morgan fingerprint density at radius 3 is 1.29 bits per heavy atom. The fraction of sp³-hybridized carbons (Fsp3) is 0.0278. The monoisotopic (exact) mass is 996 g/mol. The van der Waals surface area contributed by atoms with Crippen LogP contribution in [0.4, 0.5) is 0 Å². The summed E-state index contributed by atoms with van der Waals surface area (Å²) in [5.74, 6) is 1.68. The van der Waals surface area contributed by atoms with Gasteiger partial charge in [0, 0.05) is 38.2 Å². The predicted molar refractivity (Wildman–Crippen MR) is 321 cm³/mol. The zero-order valence-electron chi connectivity index (χ0n) is 42.9. The van der Waals surface area contributed by atoms with E-state index in [4.69, 9.17) is 15.0 Å². The van der Waals surface area contributed by atoms with E-state index >= 15 is 0 Å². The molecule has 0 bridgehead atoms. The Bertz CT molecular complexity index is 4640. The third-order valence-corrected chi connectivity index (χ3v) is 15.1. The molecule has 3 aromatic heterocycles. The first-order valence-electron chi connectivity index (χ1n) is 26.3. The van der Waals surface area contributed by atoms with Crippen LogP contribution in [0.2, 0.25) is 0 Å². The summed E-state index contributed by atoms with van der Waals surface area (Å²) in [4.78, 5) is 16.3. The summed E-state index contributed by atoms with van der Waals surface area (Å²) in [6.45, 7) is 4.29. The van der Waals surface area contributed by atoms with Gasteiger partial charge < -0.3 is 9.13 Å². The van der Waals surface area contributed by atoms with Gasteiger partial charge in [-0.2, -0.15) is 5.26 Å². The Kier molecular flexibility index (Phi) is 11.2. The van der Waals surface area contributed by atoms with Crippen LogP contribution in [0.5, 0.6) is 0 Å². The number of fused-ring (bicyclic) bond motifs is 6. The molecule has 0 fully saturated rings. The van der Waals surface area contributed by atoms with Crippen molar-refractivity contribution in [1.29, 1.82) is 5.26 Å². The molecule has 0 aliphatic heterocycles. The summed E-state index contributed by atoms with van der Waals surface area (Å²) in [5.41, 5.74) is 20.5. The fourth-order valence-corrected chi connectivity index (χ4v) is 11.4. The van der Waals surface area contributed by atoms with Gasteiger partial charge in [0.2, 0.25) is 0 Å². The zero-order valence-corrected chi connectivity index (χ0v) is 42.9. The lowest BCUT2D eigenvalue weighted by molar-refractivity contribution is 1.06. The van der Waals surface area contributed by atoms with Gasteiger partial charge in [0.1, 0.15) is 0 Å². The molecule has 14 aromatic rings. The molecule has 3 heterocycles. The third-order valence-electron chi connectivity index (χ3n) is 15.1. The molecule has 0 saturated carbocycles. The quantitative estimate of drug-likeness (QED) is 0.144. The van der Waals surface area contributed by atoms with Crippen LogP contribution >= 0.6 is 0 Å². The lowest BCUT2D eigenvalue weighted by Crippen LogP contribution is -2.06. The van der Waals surface area contributed by atoms with E-state index in [9.17, 15) is 5.26 Å². The van der Waals surface area contributed by atoms with Gasteiger partial charge in [-0.25, -0.2) is 15.0 Å². The molecule has 366 valence electrons. The average Bonchev–Trinajstić information content (AvgIpc) is 4.03. The van der Waals surface area contributed by atoms with Gasteiger partial charge in [0.25, 0.3) is 0 Å². The van der Waals surface area contributed by atoms with Crippen LogP contribution in [0.1, 0.15) is 16.7 Å². The van der Waals surface area contributed by atoms with Gasteiger partial charge in [-0.05, 0) is 120 Å². The number of nitrogens with zero attached hydrogens (tertiary/aromatic N) is 6. The van der Waals surface area contributed by atoms with Crippen LogP contribution in [0.3, 0.4) is 0 Å². The molecule has 78 heavy (non-hydrogen) atoms. The molecular weight excluding hydrogens is 949 g/mol. The molecule has 0 N–H and O–H groups in total. The van der Waals surface area contributed by atoms with Gasteiger partial charge in [-0.1, -0.05) is 199 Å². The standard InChI is InChI=1S/C72H48N6/c1-46-16-13-22-52(40-46)55-35-38-65-60(43-55)57-24-9-11-27-63(57)77(65)67-37-34-54(49-32-30-48(45-73)31-33-49)42-62(67)59-26-15-29-68(69(59)72-75-70(50-18-5-3-6-19-50)74-71(76-72)51-20-7-4-8-21-51)78-64-28-12-10-25-58(64)61-44-56(36-39-66(61)78)53-23-14-17-47(2)41-53/h3-44H,1-2H3. The minimum Gasteiger partial charge on any atom is -0.309 e. The van der Waals surface area contributed by atoms with E-state index in [1.54, 1.807) is 0 Å². The van der Waals surface area contributed by atoms with Crippen molar-refractivity contribution in [2.24, 2.45) is 0 Å². The van der Waals surface area contributed by atoms with Gasteiger partial charge in [0.05, 0.1) is 50.6 Å². The second-order valence-corrected chi connectivity index (χ2v) is 20.1. The minimum absolute atomic E-state index is 0.537. The highest BCUT2D eigenvalue weighted by atomic mass is 15.1. The molecule has 6 nitrogen and oxygen atoms in total. The molecule has 6 heteroatoms. The number of benzene rings is 11. The van der Waals surface area contributed by atoms with E-state index in [1.807, 2.05) is 60.7 Å². The average molecular weight is 997 g/mol. The molecule has 0 spiro atoms. The Morgan fingerprint density at radius 2 is 0.744 bits per heavy atom. The van der Waals surface area contributed by atoms with Gasteiger partial charge >= 0.3 is 0 Å². The van der Waals surface area contributed by atoms with Crippen molar-refractivity contribution in [3.8, 4) is 96.1 Å². The van der Waals surface area contributed by atoms with Crippen LogP contribution in [0, 0.1) is 25.2 Å². The normalized spacial score (nSPS) is 11.4. The minimum atomic E-state index is 0.537. The van der Waals surface area contributed by atoms with Crippen LogP contribution in [0.15, 0.2) is 255 Å². The Labute approximate surface area is 452 Å². The molecule has 11 aromatic carbocycles. The van der Waals surface area contributed by atoms with Gasteiger partial charge in [0.15, 0.2) is 17.5 Å². The summed E-state index contributed by atoms with van der Waals surface area (Å²) >= 11 is 0. The molecule has 0 aliphatic carbocycles. The zero-order chi connectivity index (χ0) is 52.3. The molecular formula is C72H48N6. The predicted octanol–water partition coefficient (Wildman–Crippen LogP) is 18.2. The summed E-state index contributed by atoms with van der Waals surface area (Å²) in [7, 11) is 0. The third kappa shape index (κ3) is 8.01. The van der Waals surface area contributed by atoms with Gasteiger partial charge in [-0.3, -0.25) is 0 Å². The van der Waals surface area contributed by atoms with Gasteiger partial charge in [-0.15, -0.1) is 0 Å². The van der Waals surface area contributed by atoms with Crippen LogP contribution in [-0.2, 0) is 0 Å². The highest BCUT2D eigenvalue weighted by molar-refractivity contribution is 6.13. The van der Waals surface area contributed by atoms with Crippen LogP contribution in [0.25, 0.3) is 134 Å². The fourth-order valence-electron chi connectivity index (χ4n) is 11.4. The first-order valence-corrected chi connectivity index (χ1v) is 26.3. The largest absolute Gasteiger partial charge is 0.309 e. The van der Waals surface area contributed by atoms with Crippen LogP contribution < -0.4 is 0 Å². The van der Waals surface area contributed by atoms with Crippen molar-refractivity contribution in [3.63, 3.8) is 0 Å². The molecule has 0 atom stereocenters. The van der Waals surface area contributed by atoms with E-state index in [0.717, 1.165) is 105 Å². The number of hydrogen-bond acceptors (Lipinski definition) is 4. The number of hydrogen-bond donors (Lipinski definition) is 0. The van der Waals surface area contributed by atoms with E-state index in [0.29, 0.717) is 23.0 Å². The van der Waals surface area contributed by atoms with Crippen molar-refractivity contribution < 1.29 is 0 Å². The molecule has 0 aliphatic rings. The summed E-state index contributed by atoms with van der Waals surface area (Å²) in [6.07, 6.45) is 0. The molecule has 14 rings (SSSR count). The summed E-state index contributed by atoms with van der Waals surface area (Å²) in [6, 6.07) is 92.5. The lowest BCUT2D eigenvalue weighted by Gasteiger charge is -2.21. The molecule has 0 radical (unpaired) electrons. The van der Waals surface area contributed by atoms with Crippen molar-refractivity contribution >= 4 is 43.6 Å². The number of nitriles is 1. The molecule has 0 unspecified atom stereocenters. The maximum absolute atomic E-state index is 9.87. The summed E-state index contributed by atoms with van der Waals surface area (Å²) in [5, 5.41) is 14.5. The molecule has 0 amide bonds. The topological polar surface area (TPSA) is 72.3 Å². The lowest BCUT2D eigenvalue weighted by atomic mass is 9.92. The van der Waals surface area contributed by atoms with Crippen molar-refractivity contribution in [3.05, 3.63) is 271 Å². The van der Waals surface area contributed by atoms with Crippen molar-refractivity contribution in [2.45, 2.75) is 13.8 Å². The Hall–Kier alpha value is -10.5. The first kappa shape index (κ1) is 46.1. The van der Waals surface area contributed by atoms with E-state index < -0.39 is 0 Å². The number of aromatic nitrogens is 5. The van der Waals surface area contributed by atoms with Crippen LogP contribution in [-0.4, -0.2) is 24.1 Å². The smallest absolute Gasteiger partial charge is 0.166 e. The highest BCUT2D eigenvalue weighted by Gasteiger charge is 2.26. The second-order valence-electron chi connectivity index (χ2n) is 20.1. The SMILES string of the molecule is Cc1cccc(-c2ccc3c(c2)c2ccccc2n3-c2ccc(-c3ccc(C#N)cc3)cc2-c2cccc(-n3c4ccccc4c4cc(-c5cccc(C)c5)ccc43)c2-c2nc(-c3ccccc3)nc(-c3ccccc3)n2)c1. The first-order chi connectivity index (χ1) is 38.4. The number of para-hydroxylation sites is 2. The molecule has 0 saturated heterocycles. The Balaban J connectivity index is 1.11.